The van der Waals surface area contributed by atoms with E-state index in [1.165, 1.54) is 38.7 Å². The van der Waals surface area contributed by atoms with Crippen LogP contribution in [0.25, 0.3) is 0 Å². The summed E-state index contributed by atoms with van der Waals surface area (Å²) >= 11 is 0. The maximum atomic E-state index is 12.3. The van der Waals surface area contributed by atoms with Gasteiger partial charge in [0.05, 0.1) is 12.5 Å². The van der Waals surface area contributed by atoms with Gasteiger partial charge in [0.15, 0.2) is 0 Å². The highest BCUT2D eigenvalue weighted by Crippen LogP contribution is 2.21. The molecule has 1 aromatic heterocycles. The zero-order chi connectivity index (χ0) is 13.9. The van der Waals surface area contributed by atoms with Crippen molar-refractivity contribution < 1.29 is 4.79 Å². The Morgan fingerprint density at radius 2 is 2.05 bits per heavy atom. The molecule has 0 N–H and O–H groups in total. The summed E-state index contributed by atoms with van der Waals surface area (Å²) in [6.45, 7) is 6.81. The van der Waals surface area contributed by atoms with E-state index in [1.807, 2.05) is 11.8 Å². The highest BCUT2D eigenvalue weighted by Gasteiger charge is 2.36. The number of carbonyl (C=O) groups is 1. The minimum atomic E-state index is -0.0287. The maximum Gasteiger partial charge on any atom is 0.227 e. The maximum absolute atomic E-state index is 12.3. The van der Waals surface area contributed by atoms with Crippen molar-refractivity contribution in [1.82, 2.24) is 24.6 Å². The number of amides is 1. The van der Waals surface area contributed by atoms with E-state index >= 15 is 0 Å². The van der Waals surface area contributed by atoms with Crippen molar-refractivity contribution >= 4 is 5.91 Å². The van der Waals surface area contributed by atoms with Crippen LogP contribution >= 0.6 is 0 Å². The van der Waals surface area contributed by atoms with E-state index in [1.54, 1.807) is 11.0 Å². The third-order valence-electron chi connectivity index (χ3n) is 4.43. The zero-order valence-corrected chi connectivity index (χ0v) is 12.1. The molecule has 0 radical (unpaired) electrons. The van der Waals surface area contributed by atoms with Gasteiger partial charge in [0, 0.05) is 19.1 Å². The van der Waals surface area contributed by atoms with Crippen molar-refractivity contribution in [2.24, 2.45) is 5.92 Å². The van der Waals surface area contributed by atoms with Crippen molar-refractivity contribution in [3.8, 4) is 0 Å². The van der Waals surface area contributed by atoms with Crippen LogP contribution in [-0.2, 0) is 11.3 Å². The van der Waals surface area contributed by atoms with Crippen LogP contribution in [-0.4, -0.2) is 62.7 Å². The molecule has 0 bridgehead atoms. The first-order valence-corrected chi connectivity index (χ1v) is 7.59. The van der Waals surface area contributed by atoms with Gasteiger partial charge in [-0.15, -0.1) is 0 Å². The summed E-state index contributed by atoms with van der Waals surface area (Å²) in [5, 5.41) is 4.06. The highest BCUT2D eigenvalue weighted by atomic mass is 16.2. The van der Waals surface area contributed by atoms with Gasteiger partial charge in [-0.05, 0) is 25.9 Å². The quantitative estimate of drug-likeness (QED) is 0.809. The number of aromatic nitrogens is 3. The first-order chi connectivity index (χ1) is 9.74. The molecule has 3 heterocycles. The number of hydrogen-bond acceptors (Lipinski definition) is 4. The molecular weight excluding hydrogens is 254 g/mol. The summed E-state index contributed by atoms with van der Waals surface area (Å²) in [6, 6.07) is 0.595. The third kappa shape index (κ3) is 2.85. The van der Waals surface area contributed by atoms with Gasteiger partial charge in [0.2, 0.25) is 5.91 Å². The molecule has 0 aromatic carbocycles. The molecule has 2 aliphatic heterocycles. The van der Waals surface area contributed by atoms with Crippen molar-refractivity contribution in [2.45, 2.75) is 38.8 Å². The van der Waals surface area contributed by atoms with Crippen molar-refractivity contribution in [3.05, 3.63) is 12.7 Å². The summed E-state index contributed by atoms with van der Waals surface area (Å²) in [5.41, 5.74) is 0. The Hall–Kier alpha value is -1.43. The van der Waals surface area contributed by atoms with Crippen LogP contribution in [0, 0.1) is 5.92 Å². The molecule has 3 rings (SSSR count). The van der Waals surface area contributed by atoms with E-state index in [4.69, 9.17) is 0 Å². The predicted octanol–water partition coefficient (Wildman–Crippen LogP) is 0.611. The lowest BCUT2D eigenvalue weighted by atomic mass is 10.0. The summed E-state index contributed by atoms with van der Waals surface area (Å²) in [5.74, 6) is 0.216. The molecule has 1 amide bonds. The molecule has 0 spiro atoms. The molecule has 2 saturated heterocycles. The Morgan fingerprint density at radius 1 is 1.30 bits per heavy atom. The molecule has 0 saturated carbocycles. The largest absolute Gasteiger partial charge is 0.339 e. The number of piperidine rings is 1. The van der Waals surface area contributed by atoms with Crippen molar-refractivity contribution in [3.63, 3.8) is 0 Å². The third-order valence-corrected chi connectivity index (χ3v) is 4.43. The molecule has 2 fully saturated rings. The lowest BCUT2D eigenvalue weighted by Crippen LogP contribution is -2.62. The number of likely N-dealkylation sites (tertiary alicyclic amines) is 2. The van der Waals surface area contributed by atoms with E-state index in [9.17, 15) is 4.79 Å². The number of hydrogen-bond donors (Lipinski definition) is 0. The second-order valence-electron chi connectivity index (χ2n) is 6.01. The summed E-state index contributed by atoms with van der Waals surface area (Å²) < 4.78 is 1.73. The second-order valence-corrected chi connectivity index (χ2v) is 6.01. The van der Waals surface area contributed by atoms with Crippen LogP contribution in [0.3, 0.4) is 0 Å². The monoisotopic (exact) mass is 277 g/mol. The van der Waals surface area contributed by atoms with Gasteiger partial charge in [0.1, 0.15) is 12.7 Å². The van der Waals surface area contributed by atoms with E-state index in [2.05, 4.69) is 15.0 Å². The molecule has 6 heteroatoms. The Balaban J connectivity index is 1.45. The lowest BCUT2D eigenvalue weighted by molar-refractivity contribution is -0.143. The van der Waals surface area contributed by atoms with Crippen LogP contribution in [0.4, 0.5) is 0 Å². The van der Waals surface area contributed by atoms with Gasteiger partial charge >= 0.3 is 0 Å². The highest BCUT2D eigenvalue weighted by molar-refractivity contribution is 5.79. The van der Waals surface area contributed by atoms with E-state index in [0.717, 1.165) is 13.1 Å². The van der Waals surface area contributed by atoms with Gasteiger partial charge in [-0.25, -0.2) is 4.98 Å². The number of nitrogens with zero attached hydrogens (tertiary/aromatic N) is 5. The first kappa shape index (κ1) is 13.5. The van der Waals surface area contributed by atoms with E-state index < -0.39 is 0 Å². The van der Waals surface area contributed by atoms with Gasteiger partial charge in [-0.3, -0.25) is 14.4 Å². The second kappa shape index (κ2) is 5.91. The topological polar surface area (TPSA) is 54.3 Å². The minimum absolute atomic E-state index is 0.0287. The molecular formula is C14H23N5O. The first-order valence-electron chi connectivity index (χ1n) is 7.59. The SMILES string of the molecule is CC(Cn1cncn1)C(=O)N1CC(N2CCCCC2)C1. The summed E-state index contributed by atoms with van der Waals surface area (Å²) in [4.78, 5) is 20.8. The fraction of sp³-hybridized carbons (Fsp3) is 0.786. The van der Waals surface area contributed by atoms with Gasteiger partial charge in [-0.1, -0.05) is 13.3 Å². The lowest BCUT2D eigenvalue weighted by Gasteiger charge is -2.47. The van der Waals surface area contributed by atoms with Gasteiger partial charge in [-0.2, -0.15) is 5.10 Å². The van der Waals surface area contributed by atoms with Gasteiger partial charge in [0.25, 0.3) is 0 Å². The van der Waals surface area contributed by atoms with Crippen molar-refractivity contribution in [1.29, 1.82) is 0 Å². The van der Waals surface area contributed by atoms with Crippen LogP contribution in [0.5, 0.6) is 0 Å². The standard InChI is InChI=1S/C14H23N5O/c1-12(7-19-11-15-10-16-19)14(20)18-8-13(9-18)17-5-3-2-4-6-17/h10-13H,2-9H2,1H3. The number of rotatable bonds is 4. The van der Waals surface area contributed by atoms with Crippen LogP contribution in [0.2, 0.25) is 0 Å². The normalized spacial score (nSPS) is 22.6. The molecule has 2 aliphatic rings. The predicted molar refractivity (Wildman–Crippen MR) is 75.0 cm³/mol. The average molecular weight is 277 g/mol. The zero-order valence-electron chi connectivity index (χ0n) is 12.1. The summed E-state index contributed by atoms with van der Waals surface area (Å²) in [7, 11) is 0. The molecule has 20 heavy (non-hydrogen) atoms. The Bertz CT molecular complexity index is 434. The van der Waals surface area contributed by atoms with E-state index in [-0.39, 0.29) is 11.8 Å². The van der Waals surface area contributed by atoms with Crippen LogP contribution in [0.1, 0.15) is 26.2 Å². The summed E-state index contributed by atoms with van der Waals surface area (Å²) in [6.07, 6.45) is 7.16. The number of carbonyl (C=O) groups excluding carboxylic acids is 1. The Morgan fingerprint density at radius 3 is 2.70 bits per heavy atom. The van der Waals surface area contributed by atoms with E-state index in [0.29, 0.717) is 12.6 Å². The van der Waals surface area contributed by atoms with Crippen molar-refractivity contribution in [2.75, 3.05) is 26.2 Å². The Labute approximate surface area is 119 Å². The molecule has 1 unspecified atom stereocenters. The average Bonchev–Trinajstić information content (AvgIpc) is 2.91. The van der Waals surface area contributed by atoms with Crippen LogP contribution in [0.15, 0.2) is 12.7 Å². The molecule has 6 nitrogen and oxygen atoms in total. The fourth-order valence-electron chi connectivity index (χ4n) is 3.15. The smallest absolute Gasteiger partial charge is 0.227 e. The molecule has 110 valence electrons. The molecule has 1 atom stereocenters. The minimum Gasteiger partial charge on any atom is -0.339 e. The fourth-order valence-corrected chi connectivity index (χ4v) is 3.15. The van der Waals surface area contributed by atoms with Crippen LogP contribution < -0.4 is 0 Å². The molecule has 1 aromatic rings. The Kier molecular flexibility index (Phi) is 4.00. The molecule has 0 aliphatic carbocycles. The van der Waals surface area contributed by atoms with Gasteiger partial charge < -0.3 is 4.90 Å².